The molecule has 1 aliphatic rings. The van der Waals surface area contributed by atoms with Crippen LogP contribution in [0.25, 0.3) is 0 Å². The first-order valence-electron chi connectivity index (χ1n) is 3.11. The van der Waals surface area contributed by atoms with Crippen LogP contribution >= 0.6 is 15.9 Å². The van der Waals surface area contributed by atoms with Crippen LogP contribution in [-0.4, -0.2) is 11.6 Å². The van der Waals surface area contributed by atoms with Crippen molar-refractivity contribution in [2.24, 2.45) is 0 Å². The summed E-state index contributed by atoms with van der Waals surface area (Å²) in [5.41, 5.74) is 0.706. The van der Waals surface area contributed by atoms with Crippen molar-refractivity contribution in [3.63, 3.8) is 0 Å². The molecule has 1 aliphatic carbocycles. The van der Waals surface area contributed by atoms with Gasteiger partial charge in [0.1, 0.15) is 5.52 Å². The van der Waals surface area contributed by atoms with Gasteiger partial charge in [-0.1, -0.05) is 28.8 Å². The second-order valence-corrected chi connectivity index (χ2v) is 2.64. The van der Waals surface area contributed by atoms with Gasteiger partial charge in [0, 0.05) is 0 Å². The van der Waals surface area contributed by atoms with E-state index in [0.717, 1.165) is 0 Å². The smallest absolute Gasteiger partial charge is 0.102 e. The minimum Gasteiger partial charge on any atom is -0.367 e. The summed E-state index contributed by atoms with van der Waals surface area (Å²) in [5.74, 6) is 0. The van der Waals surface area contributed by atoms with Crippen LogP contribution in [0.1, 0.15) is 25.7 Å². The molecule has 0 N–H and O–H groups in total. The van der Waals surface area contributed by atoms with Crippen LogP contribution in [-0.2, 0) is 4.74 Å². The predicted molar refractivity (Wildman–Crippen MR) is 37.1 cm³/mol. The highest BCUT2D eigenvalue weighted by Crippen LogP contribution is 2.20. The van der Waals surface area contributed by atoms with Crippen LogP contribution in [0.15, 0.2) is 0 Å². The zero-order valence-electron chi connectivity index (χ0n) is 4.90. The molecule has 0 aromatic carbocycles. The summed E-state index contributed by atoms with van der Waals surface area (Å²) < 4.78 is 5.32. The van der Waals surface area contributed by atoms with Gasteiger partial charge in [-0.15, -0.1) is 0 Å². The second kappa shape index (κ2) is 3.46. The molecule has 0 amide bonds. The maximum Gasteiger partial charge on any atom is 0.102 e. The average molecular weight is 179 g/mol. The molecule has 0 aromatic rings. The molecule has 0 unspecified atom stereocenters. The molecule has 0 heterocycles. The Morgan fingerprint density at radius 2 is 2.00 bits per heavy atom. The normalized spacial score (nSPS) is 22.1. The van der Waals surface area contributed by atoms with Gasteiger partial charge in [-0.3, -0.25) is 0 Å². The fourth-order valence-corrected chi connectivity index (χ4v) is 1.52. The zero-order valence-corrected chi connectivity index (χ0v) is 6.49. The standard InChI is InChI=1S/C6H11BrO/c7-5-8-6-3-1-2-4-6/h6H,1-5H2. The van der Waals surface area contributed by atoms with Gasteiger partial charge >= 0.3 is 0 Å². The fraction of sp³-hybridized carbons (Fsp3) is 1.00. The van der Waals surface area contributed by atoms with Crippen molar-refractivity contribution in [3.05, 3.63) is 0 Å². The van der Waals surface area contributed by atoms with Crippen molar-refractivity contribution in [2.45, 2.75) is 31.8 Å². The molecule has 0 atom stereocenters. The van der Waals surface area contributed by atoms with Crippen molar-refractivity contribution < 1.29 is 4.74 Å². The van der Waals surface area contributed by atoms with Gasteiger partial charge < -0.3 is 4.74 Å². The summed E-state index contributed by atoms with van der Waals surface area (Å²) >= 11 is 3.24. The van der Waals surface area contributed by atoms with Gasteiger partial charge in [0.05, 0.1) is 6.10 Å². The quantitative estimate of drug-likeness (QED) is 0.591. The van der Waals surface area contributed by atoms with Crippen LogP contribution in [0.2, 0.25) is 0 Å². The van der Waals surface area contributed by atoms with Crippen molar-refractivity contribution in [1.82, 2.24) is 0 Å². The minimum atomic E-state index is 0.564. The Balaban J connectivity index is 2.06. The first-order valence-corrected chi connectivity index (χ1v) is 4.23. The molecule has 0 saturated heterocycles. The van der Waals surface area contributed by atoms with E-state index in [1.54, 1.807) is 0 Å². The molecule has 1 rings (SSSR count). The van der Waals surface area contributed by atoms with Crippen molar-refractivity contribution in [2.75, 3.05) is 5.52 Å². The van der Waals surface area contributed by atoms with E-state index in [0.29, 0.717) is 11.6 Å². The van der Waals surface area contributed by atoms with Crippen molar-refractivity contribution >= 4 is 15.9 Å². The monoisotopic (exact) mass is 178 g/mol. The molecular weight excluding hydrogens is 168 g/mol. The lowest BCUT2D eigenvalue weighted by molar-refractivity contribution is 0.0990. The summed E-state index contributed by atoms with van der Waals surface area (Å²) in [6.07, 6.45) is 5.82. The Kier molecular flexibility index (Phi) is 2.84. The van der Waals surface area contributed by atoms with E-state index < -0.39 is 0 Å². The van der Waals surface area contributed by atoms with Crippen molar-refractivity contribution in [1.29, 1.82) is 0 Å². The molecule has 0 spiro atoms. The van der Waals surface area contributed by atoms with Gasteiger partial charge in [-0.05, 0) is 12.8 Å². The van der Waals surface area contributed by atoms with Gasteiger partial charge in [0.15, 0.2) is 0 Å². The maximum absolute atomic E-state index is 5.32. The summed E-state index contributed by atoms with van der Waals surface area (Å²) in [5, 5.41) is 0. The number of hydrogen-bond acceptors (Lipinski definition) is 1. The van der Waals surface area contributed by atoms with Crippen molar-refractivity contribution in [3.8, 4) is 0 Å². The van der Waals surface area contributed by atoms with Crippen LogP contribution in [0.4, 0.5) is 0 Å². The van der Waals surface area contributed by atoms with E-state index >= 15 is 0 Å². The Labute approximate surface area is 58.5 Å². The summed E-state index contributed by atoms with van der Waals surface area (Å²) in [6.45, 7) is 0. The molecule has 2 heteroatoms. The van der Waals surface area contributed by atoms with E-state index in [1.165, 1.54) is 25.7 Å². The van der Waals surface area contributed by atoms with Gasteiger partial charge in [0.25, 0.3) is 0 Å². The van der Waals surface area contributed by atoms with E-state index in [1.807, 2.05) is 0 Å². The average Bonchev–Trinajstić information content (AvgIpc) is 2.19. The van der Waals surface area contributed by atoms with Gasteiger partial charge in [-0.25, -0.2) is 0 Å². The lowest BCUT2D eigenvalue weighted by Gasteiger charge is -2.05. The molecule has 0 aliphatic heterocycles. The number of hydrogen-bond donors (Lipinski definition) is 0. The predicted octanol–water partition coefficient (Wildman–Crippen LogP) is 2.30. The largest absolute Gasteiger partial charge is 0.367 e. The van der Waals surface area contributed by atoms with Crippen LogP contribution in [0.3, 0.4) is 0 Å². The molecule has 0 bridgehead atoms. The Morgan fingerprint density at radius 1 is 1.38 bits per heavy atom. The van der Waals surface area contributed by atoms with Crippen LogP contribution in [0, 0.1) is 0 Å². The van der Waals surface area contributed by atoms with Gasteiger partial charge in [0.2, 0.25) is 0 Å². The first kappa shape index (κ1) is 6.56. The summed E-state index contributed by atoms with van der Waals surface area (Å²) in [6, 6.07) is 0. The molecule has 1 nitrogen and oxygen atoms in total. The van der Waals surface area contributed by atoms with E-state index in [-0.39, 0.29) is 0 Å². The van der Waals surface area contributed by atoms with Crippen LogP contribution in [0.5, 0.6) is 0 Å². The number of rotatable bonds is 2. The number of alkyl halides is 1. The molecule has 1 saturated carbocycles. The molecule has 48 valence electrons. The molecule has 0 aromatic heterocycles. The molecule has 0 radical (unpaired) electrons. The SMILES string of the molecule is BrCOC1CCCC1. The second-order valence-electron chi connectivity index (χ2n) is 2.18. The van der Waals surface area contributed by atoms with E-state index in [9.17, 15) is 0 Å². The number of halogens is 1. The third kappa shape index (κ3) is 1.75. The van der Waals surface area contributed by atoms with E-state index in [2.05, 4.69) is 15.9 Å². The topological polar surface area (TPSA) is 9.23 Å². The van der Waals surface area contributed by atoms with Crippen LogP contribution < -0.4 is 0 Å². The first-order chi connectivity index (χ1) is 3.93. The fourth-order valence-electron chi connectivity index (χ4n) is 1.14. The molecule has 1 fully saturated rings. The van der Waals surface area contributed by atoms with Gasteiger partial charge in [-0.2, -0.15) is 0 Å². The maximum atomic E-state index is 5.32. The lowest BCUT2D eigenvalue weighted by Crippen LogP contribution is -2.04. The third-order valence-electron chi connectivity index (χ3n) is 1.60. The Hall–Kier alpha value is 0.440. The molecule has 8 heavy (non-hydrogen) atoms. The zero-order chi connectivity index (χ0) is 5.82. The highest BCUT2D eigenvalue weighted by atomic mass is 79.9. The highest BCUT2D eigenvalue weighted by molar-refractivity contribution is 9.09. The Bertz CT molecular complexity index is 59.5. The summed E-state index contributed by atoms with van der Waals surface area (Å²) in [7, 11) is 0. The van der Waals surface area contributed by atoms with E-state index in [4.69, 9.17) is 4.74 Å². The lowest BCUT2D eigenvalue weighted by atomic mass is 10.3. The highest BCUT2D eigenvalue weighted by Gasteiger charge is 2.13. The Morgan fingerprint density at radius 3 is 2.50 bits per heavy atom. The minimum absolute atomic E-state index is 0.564. The molecular formula is C6H11BrO. The third-order valence-corrected chi connectivity index (χ3v) is 1.87. The summed E-state index contributed by atoms with van der Waals surface area (Å²) in [4.78, 5) is 0. The number of ether oxygens (including phenoxy) is 1.